The van der Waals surface area contributed by atoms with Gasteiger partial charge in [0.1, 0.15) is 11.8 Å². The molecule has 0 aliphatic heterocycles. The van der Waals surface area contributed by atoms with E-state index in [1.165, 1.54) is 0 Å². The molecule has 0 aromatic heterocycles. The lowest BCUT2D eigenvalue weighted by molar-refractivity contribution is -0.136. The standard InChI is InChI=1S/C18H22N2O2/c19-13-7-6-11-16(20)18(21)22-17-12-5-4-10-15(17)14-8-2-1-3-9-14/h1-5,8-10,12,16H,6-7,11,13,19-20H2/t16-/m0/s1. The van der Waals surface area contributed by atoms with Gasteiger partial charge in [-0.25, -0.2) is 4.79 Å². The molecule has 4 heteroatoms. The Bertz CT molecular complexity index is 599. The zero-order chi connectivity index (χ0) is 15.8. The Hall–Kier alpha value is -2.17. The second-order valence-corrected chi connectivity index (χ2v) is 5.17. The summed E-state index contributed by atoms with van der Waals surface area (Å²) >= 11 is 0. The number of hydrogen-bond donors (Lipinski definition) is 2. The Morgan fingerprint density at radius 3 is 2.41 bits per heavy atom. The Morgan fingerprint density at radius 2 is 1.68 bits per heavy atom. The van der Waals surface area contributed by atoms with Crippen LogP contribution in [0.3, 0.4) is 0 Å². The molecule has 4 N–H and O–H groups in total. The van der Waals surface area contributed by atoms with E-state index in [-0.39, 0.29) is 0 Å². The molecule has 0 spiro atoms. The smallest absolute Gasteiger partial charge is 0.328 e. The SMILES string of the molecule is NCCCC[C@H](N)C(=O)Oc1ccccc1-c1ccccc1. The van der Waals surface area contributed by atoms with Crippen molar-refractivity contribution in [3.8, 4) is 16.9 Å². The number of ether oxygens (including phenoxy) is 1. The van der Waals surface area contributed by atoms with E-state index in [2.05, 4.69) is 0 Å². The van der Waals surface area contributed by atoms with Crippen LogP contribution in [0.25, 0.3) is 11.1 Å². The molecule has 0 radical (unpaired) electrons. The third-order valence-corrected chi connectivity index (χ3v) is 3.45. The van der Waals surface area contributed by atoms with Crippen LogP contribution in [0.5, 0.6) is 5.75 Å². The number of hydrogen-bond acceptors (Lipinski definition) is 4. The molecular weight excluding hydrogens is 276 g/mol. The molecule has 0 saturated heterocycles. The van der Waals surface area contributed by atoms with Crippen molar-refractivity contribution in [2.24, 2.45) is 11.5 Å². The molecule has 0 amide bonds. The van der Waals surface area contributed by atoms with Crippen molar-refractivity contribution in [3.05, 3.63) is 54.6 Å². The highest BCUT2D eigenvalue weighted by atomic mass is 16.5. The number of rotatable bonds is 7. The van der Waals surface area contributed by atoms with Gasteiger partial charge in [0.25, 0.3) is 0 Å². The highest BCUT2D eigenvalue weighted by Gasteiger charge is 2.17. The summed E-state index contributed by atoms with van der Waals surface area (Å²) in [5, 5.41) is 0. The molecule has 0 heterocycles. The summed E-state index contributed by atoms with van der Waals surface area (Å²) < 4.78 is 5.50. The lowest BCUT2D eigenvalue weighted by Crippen LogP contribution is -2.34. The second kappa shape index (κ2) is 8.32. The Labute approximate surface area is 131 Å². The van der Waals surface area contributed by atoms with E-state index in [1.54, 1.807) is 6.07 Å². The van der Waals surface area contributed by atoms with Gasteiger partial charge in [0, 0.05) is 5.56 Å². The predicted octanol–water partition coefficient (Wildman–Crippen LogP) is 2.72. The number of carbonyl (C=O) groups is 1. The number of para-hydroxylation sites is 1. The third-order valence-electron chi connectivity index (χ3n) is 3.45. The van der Waals surface area contributed by atoms with Crippen LogP contribution in [-0.2, 0) is 4.79 Å². The van der Waals surface area contributed by atoms with Crippen LogP contribution in [0.15, 0.2) is 54.6 Å². The first-order valence-corrected chi connectivity index (χ1v) is 7.54. The molecular formula is C18H22N2O2. The second-order valence-electron chi connectivity index (χ2n) is 5.17. The van der Waals surface area contributed by atoms with Gasteiger partial charge in [-0.2, -0.15) is 0 Å². The van der Waals surface area contributed by atoms with Crippen LogP contribution in [0.2, 0.25) is 0 Å². The molecule has 0 fully saturated rings. The number of benzene rings is 2. The molecule has 4 nitrogen and oxygen atoms in total. The number of carbonyl (C=O) groups excluding carboxylic acids is 1. The van der Waals surface area contributed by atoms with Crippen LogP contribution < -0.4 is 16.2 Å². The number of unbranched alkanes of at least 4 members (excludes halogenated alkanes) is 1. The molecule has 2 aromatic carbocycles. The highest BCUT2D eigenvalue weighted by molar-refractivity contribution is 5.81. The molecule has 0 saturated carbocycles. The van der Waals surface area contributed by atoms with E-state index in [9.17, 15) is 4.79 Å². The van der Waals surface area contributed by atoms with E-state index in [4.69, 9.17) is 16.2 Å². The first-order chi connectivity index (χ1) is 10.7. The van der Waals surface area contributed by atoms with Crippen LogP contribution >= 0.6 is 0 Å². The maximum absolute atomic E-state index is 12.1. The number of esters is 1. The molecule has 2 rings (SSSR count). The Kier molecular flexibility index (Phi) is 6.13. The molecule has 22 heavy (non-hydrogen) atoms. The Morgan fingerprint density at radius 1 is 1.00 bits per heavy atom. The fourth-order valence-corrected chi connectivity index (χ4v) is 2.22. The maximum Gasteiger partial charge on any atom is 0.328 e. The first-order valence-electron chi connectivity index (χ1n) is 7.54. The third kappa shape index (κ3) is 4.41. The van der Waals surface area contributed by atoms with Crippen molar-refractivity contribution in [1.82, 2.24) is 0 Å². The zero-order valence-electron chi connectivity index (χ0n) is 12.6. The van der Waals surface area contributed by atoms with Gasteiger partial charge >= 0.3 is 5.97 Å². The monoisotopic (exact) mass is 298 g/mol. The van der Waals surface area contributed by atoms with E-state index in [0.29, 0.717) is 18.7 Å². The van der Waals surface area contributed by atoms with Crippen LogP contribution in [0, 0.1) is 0 Å². The predicted molar refractivity (Wildman–Crippen MR) is 88.4 cm³/mol. The molecule has 2 aromatic rings. The van der Waals surface area contributed by atoms with Gasteiger partial charge in [-0.15, -0.1) is 0 Å². The van der Waals surface area contributed by atoms with Gasteiger partial charge in [0.2, 0.25) is 0 Å². The van der Waals surface area contributed by atoms with Crippen LogP contribution in [0.4, 0.5) is 0 Å². The van der Waals surface area contributed by atoms with Crippen molar-refractivity contribution in [2.75, 3.05) is 6.54 Å². The van der Waals surface area contributed by atoms with Crippen molar-refractivity contribution in [2.45, 2.75) is 25.3 Å². The topological polar surface area (TPSA) is 78.3 Å². The van der Waals surface area contributed by atoms with Crippen molar-refractivity contribution in [3.63, 3.8) is 0 Å². The molecule has 0 aliphatic carbocycles. The summed E-state index contributed by atoms with van der Waals surface area (Å²) in [4.78, 5) is 12.1. The minimum absolute atomic E-state index is 0.402. The molecule has 1 atom stereocenters. The minimum Gasteiger partial charge on any atom is -0.425 e. The van der Waals surface area contributed by atoms with Gasteiger partial charge in [0.05, 0.1) is 0 Å². The molecule has 0 aliphatic rings. The lowest BCUT2D eigenvalue weighted by atomic mass is 10.0. The fraction of sp³-hybridized carbons (Fsp3) is 0.278. The van der Waals surface area contributed by atoms with Crippen molar-refractivity contribution < 1.29 is 9.53 Å². The largest absolute Gasteiger partial charge is 0.425 e. The van der Waals surface area contributed by atoms with Crippen molar-refractivity contribution >= 4 is 5.97 Å². The summed E-state index contributed by atoms with van der Waals surface area (Å²) in [6, 6.07) is 16.7. The van der Waals surface area contributed by atoms with Crippen molar-refractivity contribution in [1.29, 1.82) is 0 Å². The maximum atomic E-state index is 12.1. The van der Waals surface area contributed by atoms with E-state index in [0.717, 1.165) is 24.0 Å². The minimum atomic E-state index is -0.615. The lowest BCUT2D eigenvalue weighted by Gasteiger charge is -2.14. The average molecular weight is 298 g/mol. The van der Waals surface area contributed by atoms with E-state index < -0.39 is 12.0 Å². The van der Waals surface area contributed by atoms with E-state index >= 15 is 0 Å². The van der Waals surface area contributed by atoms with Crippen LogP contribution in [-0.4, -0.2) is 18.6 Å². The van der Waals surface area contributed by atoms with Gasteiger partial charge in [-0.1, -0.05) is 55.0 Å². The summed E-state index contributed by atoms with van der Waals surface area (Å²) in [5.74, 6) is 0.133. The molecule has 0 unspecified atom stereocenters. The van der Waals surface area contributed by atoms with Gasteiger partial charge in [0.15, 0.2) is 0 Å². The van der Waals surface area contributed by atoms with Gasteiger partial charge in [-0.3, -0.25) is 0 Å². The Balaban J connectivity index is 2.08. The summed E-state index contributed by atoms with van der Waals surface area (Å²) in [5.41, 5.74) is 13.2. The summed E-state index contributed by atoms with van der Waals surface area (Å²) in [6.07, 6.45) is 2.28. The normalized spacial score (nSPS) is 11.9. The fourth-order valence-electron chi connectivity index (χ4n) is 2.22. The first kappa shape index (κ1) is 16.2. The quantitative estimate of drug-likeness (QED) is 0.468. The molecule has 0 bridgehead atoms. The average Bonchev–Trinajstić information content (AvgIpc) is 2.56. The summed E-state index contributed by atoms with van der Waals surface area (Å²) in [6.45, 7) is 0.610. The zero-order valence-corrected chi connectivity index (χ0v) is 12.6. The van der Waals surface area contributed by atoms with Gasteiger partial charge in [-0.05, 0) is 31.0 Å². The molecule has 116 valence electrons. The number of nitrogens with two attached hydrogens (primary N) is 2. The summed E-state index contributed by atoms with van der Waals surface area (Å²) in [7, 11) is 0. The highest BCUT2D eigenvalue weighted by Crippen LogP contribution is 2.29. The van der Waals surface area contributed by atoms with Gasteiger partial charge < -0.3 is 16.2 Å². The van der Waals surface area contributed by atoms with Crippen LogP contribution in [0.1, 0.15) is 19.3 Å². The van der Waals surface area contributed by atoms with E-state index in [1.807, 2.05) is 48.5 Å².